The molecule has 0 atom stereocenters. The number of benzene rings is 3. The molecule has 1 aromatic heterocycles. The van der Waals surface area contributed by atoms with Gasteiger partial charge in [-0.2, -0.15) is 13.9 Å². The van der Waals surface area contributed by atoms with Crippen LogP contribution in [0.4, 0.5) is 25.1 Å². The quantitative estimate of drug-likeness (QED) is 0.174. The van der Waals surface area contributed by atoms with Gasteiger partial charge in [0, 0.05) is 22.7 Å². The van der Waals surface area contributed by atoms with Crippen LogP contribution in [-0.2, 0) is 11.8 Å². The Morgan fingerprint density at radius 3 is 2.30 bits per heavy atom. The first kappa shape index (κ1) is 32.8. The fourth-order valence-corrected chi connectivity index (χ4v) is 5.57. The van der Waals surface area contributed by atoms with Gasteiger partial charge < -0.3 is 10.1 Å². The Hall–Kier alpha value is -4.57. The monoisotopic (exact) mass is 629 g/mol. The first-order chi connectivity index (χ1) is 21.9. The zero-order chi connectivity index (χ0) is 32.8. The summed E-state index contributed by atoms with van der Waals surface area (Å²) < 4.78 is 30.9. The fraction of sp³-hybridized carbons (Fsp3) is 0.361. The highest BCUT2D eigenvalue weighted by Gasteiger charge is 2.23. The number of likely N-dealkylation sites (tertiary alicyclic amines) is 1. The lowest BCUT2D eigenvalue weighted by Gasteiger charge is -2.31. The molecule has 5 rings (SSSR count). The van der Waals surface area contributed by atoms with Crippen molar-refractivity contribution in [3.05, 3.63) is 101 Å². The van der Waals surface area contributed by atoms with Gasteiger partial charge in [-0.25, -0.2) is 9.48 Å². The molecule has 1 aliphatic heterocycles. The van der Waals surface area contributed by atoms with Crippen LogP contribution in [0.15, 0.2) is 78.9 Å². The molecule has 2 amide bonds. The van der Waals surface area contributed by atoms with Crippen LogP contribution < -0.4 is 15.4 Å². The van der Waals surface area contributed by atoms with Gasteiger partial charge in [0.1, 0.15) is 11.6 Å². The number of halogens is 2. The number of carbonyl (C=O) groups is 2. The third-order valence-electron chi connectivity index (χ3n) is 8.18. The van der Waals surface area contributed by atoms with Crippen molar-refractivity contribution in [1.29, 1.82) is 0 Å². The molecule has 1 fully saturated rings. The lowest BCUT2D eigenvalue weighted by atomic mass is 9.90. The van der Waals surface area contributed by atoms with Gasteiger partial charge in [-0.15, -0.1) is 0 Å². The van der Waals surface area contributed by atoms with Crippen LogP contribution in [0.5, 0.6) is 5.75 Å². The van der Waals surface area contributed by atoms with Gasteiger partial charge in [-0.05, 0) is 99.3 Å². The molecule has 46 heavy (non-hydrogen) atoms. The van der Waals surface area contributed by atoms with Crippen LogP contribution in [0.3, 0.4) is 0 Å². The summed E-state index contributed by atoms with van der Waals surface area (Å²) in [6, 6.07) is 23.3. The second kappa shape index (κ2) is 14.2. The Balaban J connectivity index is 1.14. The lowest BCUT2D eigenvalue weighted by molar-refractivity contribution is -0.0498. The van der Waals surface area contributed by atoms with Crippen molar-refractivity contribution in [3.63, 3.8) is 0 Å². The second-order valence-electron chi connectivity index (χ2n) is 12.9. The normalized spacial score (nSPS) is 14.3. The van der Waals surface area contributed by atoms with Crippen molar-refractivity contribution in [1.82, 2.24) is 14.7 Å². The van der Waals surface area contributed by atoms with Gasteiger partial charge in [-0.3, -0.25) is 15.0 Å². The van der Waals surface area contributed by atoms with Crippen molar-refractivity contribution in [2.75, 3.05) is 30.3 Å². The predicted molar refractivity (Wildman–Crippen MR) is 176 cm³/mol. The van der Waals surface area contributed by atoms with Gasteiger partial charge >= 0.3 is 12.6 Å². The van der Waals surface area contributed by atoms with Gasteiger partial charge in [0.05, 0.1) is 17.9 Å². The van der Waals surface area contributed by atoms with Crippen LogP contribution in [0.1, 0.15) is 60.8 Å². The van der Waals surface area contributed by atoms with Crippen molar-refractivity contribution in [3.8, 4) is 11.4 Å². The van der Waals surface area contributed by atoms with Gasteiger partial charge in [0.25, 0.3) is 0 Å². The minimum atomic E-state index is -2.89. The number of nitrogens with zero attached hydrogens (tertiary/aromatic N) is 3. The summed E-state index contributed by atoms with van der Waals surface area (Å²) in [4.78, 5) is 28.0. The summed E-state index contributed by atoms with van der Waals surface area (Å²) in [7, 11) is 0. The van der Waals surface area contributed by atoms with Gasteiger partial charge in [0.15, 0.2) is 5.78 Å². The largest absolute Gasteiger partial charge is 0.435 e. The molecule has 10 heteroatoms. The molecule has 0 spiro atoms. The minimum Gasteiger partial charge on any atom is -0.435 e. The van der Waals surface area contributed by atoms with E-state index in [0.717, 1.165) is 54.9 Å². The Morgan fingerprint density at radius 2 is 1.65 bits per heavy atom. The zero-order valence-electron chi connectivity index (χ0n) is 26.7. The Labute approximate surface area is 268 Å². The van der Waals surface area contributed by atoms with E-state index < -0.39 is 6.61 Å². The number of Topliss-reactive ketones (excluding diaryl/α,β-unsaturated/α-hetero) is 1. The summed E-state index contributed by atoms with van der Waals surface area (Å²) in [6.07, 6.45) is 2.77. The number of aromatic nitrogens is 2. The number of ether oxygens (including phenoxy) is 1. The third kappa shape index (κ3) is 8.78. The summed E-state index contributed by atoms with van der Waals surface area (Å²) in [5.74, 6) is 1.04. The molecule has 0 unspecified atom stereocenters. The van der Waals surface area contributed by atoms with Crippen molar-refractivity contribution in [2.24, 2.45) is 5.92 Å². The summed E-state index contributed by atoms with van der Waals surface area (Å²) >= 11 is 0. The zero-order valence-corrected chi connectivity index (χ0v) is 26.7. The SMILES string of the molecule is Cc1ccc(-n2nc(C(C)(C)C)cc2NC(=O)Nc2cccc(CC3CCN(CC(=O)c4ccc(OC(F)F)cc4)CC3)c2)cc1. The van der Waals surface area contributed by atoms with Crippen molar-refractivity contribution in [2.45, 2.75) is 59.0 Å². The minimum absolute atomic E-state index is 0.0347. The molecule has 0 saturated carbocycles. The Morgan fingerprint density at radius 1 is 0.957 bits per heavy atom. The molecule has 242 valence electrons. The maximum Gasteiger partial charge on any atom is 0.387 e. The number of piperidine rings is 1. The summed E-state index contributed by atoms with van der Waals surface area (Å²) in [5.41, 5.74) is 5.02. The molecule has 4 aromatic rings. The van der Waals surface area contributed by atoms with Crippen LogP contribution in [-0.4, -0.2) is 52.7 Å². The number of carbonyl (C=O) groups excluding carboxylic acids is 2. The molecular formula is C36H41F2N5O3. The van der Waals surface area contributed by atoms with E-state index in [0.29, 0.717) is 23.0 Å². The van der Waals surface area contributed by atoms with E-state index in [1.807, 2.05) is 55.5 Å². The molecule has 0 radical (unpaired) electrons. The molecular weight excluding hydrogens is 588 g/mol. The van der Waals surface area contributed by atoms with Crippen molar-refractivity contribution < 1.29 is 23.1 Å². The van der Waals surface area contributed by atoms with Crippen LogP contribution in [0, 0.1) is 12.8 Å². The second-order valence-corrected chi connectivity index (χ2v) is 12.9. The maximum absolute atomic E-state index is 13.1. The van der Waals surface area contributed by atoms with E-state index >= 15 is 0 Å². The maximum atomic E-state index is 13.1. The number of aryl methyl sites for hydroxylation is 1. The van der Waals surface area contributed by atoms with Gasteiger partial charge in [-0.1, -0.05) is 50.6 Å². The summed E-state index contributed by atoms with van der Waals surface area (Å²) in [5, 5.41) is 10.8. The van der Waals surface area contributed by atoms with Crippen LogP contribution >= 0.6 is 0 Å². The number of nitrogens with one attached hydrogen (secondary N) is 2. The molecule has 2 heterocycles. The highest BCUT2D eigenvalue weighted by molar-refractivity contribution is 5.99. The van der Waals surface area contributed by atoms with Crippen LogP contribution in [0.2, 0.25) is 0 Å². The number of hydrogen-bond acceptors (Lipinski definition) is 5. The van der Waals surface area contributed by atoms with E-state index in [1.165, 1.54) is 24.3 Å². The first-order valence-corrected chi connectivity index (χ1v) is 15.6. The molecule has 2 N–H and O–H groups in total. The van der Waals surface area contributed by atoms with E-state index in [4.69, 9.17) is 5.10 Å². The number of hydrogen-bond donors (Lipinski definition) is 2. The van der Waals surface area contributed by atoms with E-state index in [1.54, 1.807) is 4.68 Å². The average molecular weight is 630 g/mol. The van der Waals surface area contributed by atoms with E-state index in [2.05, 4.69) is 47.1 Å². The number of rotatable bonds is 10. The van der Waals surface area contributed by atoms with E-state index in [9.17, 15) is 18.4 Å². The van der Waals surface area contributed by atoms with Crippen LogP contribution in [0.25, 0.3) is 5.69 Å². The highest BCUT2D eigenvalue weighted by atomic mass is 19.3. The summed E-state index contributed by atoms with van der Waals surface area (Å²) in [6.45, 7) is 7.29. The standard InChI is InChI=1S/C36H41F2N5O3/c1-24-8-12-29(13-9-24)43-33(22-32(41-43)36(2,3)4)40-35(45)39-28-7-5-6-26(21-28)20-25-16-18-42(19-17-25)23-31(44)27-10-14-30(15-11-27)46-34(37)38/h5-15,21-22,25,34H,16-20,23H2,1-4H3,(H2,39,40,45). The number of anilines is 2. The Kier molecular flexibility index (Phi) is 10.2. The van der Waals surface area contributed by atoms with Gasteiger partial charge in [0.2, 0.25) is 0 Å². The molecule has 3 aromatic carbocycles. The Bertz CT molecular complexity index is 1640. The number of urea groups is 1. The smallest absolute Gasteiger partial charge is 0.387 e. The fourth-order valence-electron chi connectivity index (χ4n) is 5.57. The first-order valence-electron chi connectivity index (χ1n) is 15.6. The topological polar surface area (TPSA) is 88.5 Å². The molecule has 0 bridgehead atoms. The highest BCUT2D eigenvalue weighted by Crippen LogP contribution is 2.27. The molecule has 0 aliphatic carbocycles. The van der Waals surface area contributed by atoms with E-state index in [-0.39, 0.29) is 29.5 Å². The number of alkyl halides is 2. The lowest BCUT2D eigenvalue weighted by Crippen LogP contribution is -2.37. The number of amides is 2. The number of ketones is 1. The molecule has 8 nitrogen and oxygen atoms in total. The molecule has 1 saturated heterocycles. The molecule has 1 aliphatic rings. The average Bonchev–Trinajstić information content (AvgIpc) is 3.43. The predicted octanol–water partition coefficient (Wildman–Crippen LogP) is 7.86. The van der Waals surface area contributed by atoms with Crippen molar-refractivity contribution >= 4 is 23.3 Å². The third-order valence-corrected chi connectivity index (χ3v) is 8.18.